The summed E-state index contributed by atoms with van der Waals surface area (Å²) in [5.41, 5.74) is 7.40. The summed E-state index contributed by atoms with van der Waals surface area (Å²) in [5, 5.41) is 0. The number of aliphatic imine (C=N–C) groups is 2. The number of fused-ring (bicyclic) bond motifs is 1. The normalized spacial score (nSPS) is 24.3. The zero-order valence-corrected chi connectivity index (χ0v) is 17.8. The molecule has 2 heterocycles. The van der Waals surface area contributed by atoms with Gasteiger partial charge in [0.15, 0.2) is 11.5 Å². The van der Waals surface area contributed by atoms with E-state index in [1.165, 1.54) is 18.6 Å². The van der Waals surface area contributed by atoms with E-state index in [0.717, 1.165) is 47.4 Å². The Balaban J connectivity index is 1.65. The number of alkyl halides is 2. The van der Waals surface area contributed by atoms with Gasteiger partial charge >= 0.3 is 6.61 Å². The molecule has 2 aromatic rings. The van der Waals surface area contributed by atoms with Crippen molar-refractivity contribution in [2.45, 2.75) is 31.4 Å². The zero-order valence-electron chi connectivity index (χ0n) is 16.2. The SMILES string of the molecule is NC1=NC(c2ccc(OC(F)F)cc2)(c2cccc(Br)c2)C2=NCC3(CCC3)CN12. The van der Waals surface area contributed by atoms with Crippen LogP contribution in [0.15, 0.2) is 63.0 Å². The van der Waals surface area contributed by atoms with Crippen LogP contribution in [-0.2, 0) is 5.54 Å². The predicted molar refractivity (Wildman–Crippen MR) is 115 cm³/mol. The highest BCUT2D eigenvalue weighted by Crippen LogP contribution is 2.49. The Morgan fingerprint density at radius 3 is 2.50 bits per heavy atom. The summed E-state index contributed by atoms with van der Waals surface area (Å²) in [4.78, 5) is 12.0. The molecule has 1 fully saturated rings. The van der Waals surface area contributed by atoms with Crippen molar-refractivity contribution in [3.8, 4) is 5.75 Å². The monoisotopic (exact) mass is 474 g/mol. The number of halogens is 3. The van der Waals surface area contributed by atoms with Crippen molar-refractivity contribution in [1.29, 1.82) is 0 Å². The highest BCUT2D eigenvalue weighted by molar-refractivity contribution is 9.10. The standard InChI is InChI=1S/C22H21BrF2N4O/c23-16-4-1-3-15(11-16)22(14-5-7-17(8-6-14)30-19(24)25)18-27-12-21(9-2-10-21)13-29(18)20(26)28-22/h1,3-8,11,19H,2,9-10,12-13H2,(H2,26,28). The number of nitrogens with two attached hydrogens (primary N) is 1. The van der Waals surface area contributed by atoms with Gasteiger partial charge in [-0.2, -0.15) is 8.78 Å². The zero-order chi connectivity index (χ0) is 20.9. The van der Waals surface area contributed by atoms with Crippen molar-refractivity contribution in [2.75, 3.05) is 13.1 Å². The number of benzene rings is 2. The average molecular weight is 475 g/mol. The molecular formula is C22H21BrF2N4O. The number of rotatable bonds is 4. The van der Waals surface area contributed by atoms with E-state index in [1.54, 1.807) is 12.1 Å². The van der Waals surface area contributed by atoms with E-state index in [1.807, 2.05) is 29.2 Å². The fourth-order valence-electron chi connectivity index (χ4n) is 4.71. The molecule has 1 unspecified atom stereocenters. The second-order valence-corrected chi connectivity index (χ2v) is 9.09. The van der Waals surface area contributed by atoms with E-state index in [-0.39, 0.29) is 11.2 Å². The van der Waals surface area contributed by atoms with Crippen LogP contribution in [0.1, 0.15) is 30.4 Å². The van der Waals surface area contributed by atoms with E-state index in [4.69, 9.17) is 15.7 Å². The van der Waals surface area contributed by atoms with Gasteiger partial charge in [-0.25, -0.2) is 4.99 Å². The number of nitrogens with zero attached hydrogens (tertiary/aromatic N) is 3. The predicted octanol–water partition coefficient (Wildman–Crippen LogP) is 4.51. The van der Waals surface area contributed by atoms with Crippen LogP contribution in [0.2, 0.25) is 0 Å². The van der Waals surface area contributed by atoms with Crippen molar-refractivity contribution < 1.29 is 13.5 Å². The third-order valence-electron chi connectivity index (χ3n) is 6.35. The third-order valence-corrected chi connectivity index (χ3v) is 6.84. The maximum absolute atomic E-state index is 12.6. The van der Waals surface area contributed by atoms with Gasteiger partial charge in [-0.15, -0.1) is 0 Å². The van der Waals surface area contributed by atoms with Gasteiger partial charge in [0.05, 0.1) is 0 Å². The molecule has 1 spiro atoms. The molecule has 2 N–H and O–H groups in total. The smallest absolute Gasteiger partial charge is 0.387 e. The number of hydrogen-bond donors (Lipinski definition) is 1. The molecule has 2 aliphatic heterocycles. The molecule has 0 saturated heterocycles. The number of guanidine groups is 1. The van der Waals surface area contributed by atoms with Crippen LogP contribution in [0.3, 0.4) is 0 Å². The maximum Gasteiger partial charge on any atom is 0.387 e. The van der Waals surface area contributed by atoms with Gasteiger partial charge in [0.2, 0.25) is 0 Å². The molecule has 3 aliphatic rings. The first-order chi connectivity index (χ1) is 14.4. The number of amidine groups is 1. The highest BCUT2D eigenvalue weighted by atomic mass is 79.9. The van der Waals surface area contributed by atoms with Gasteiger partial charge in [-0.3, -0.25) is 9.89 Å². The number of ether oxygens (including phenoxy) is 1. The van der Waals surface area contributed by atoms with Crippen LogP contribution >= 0.6 is 15.9 Å². The van der Waals surface area contributed by atoms with Gasteiger partial charge in [-0.1, -0.05) is 46.6 Å². The molecule has 5 rings (SSSR count). The minimum absolute atomic E-state index is 0.101. The lowest BCUT2D eigenvalue weighted by Gasteiger charge is -2.47. The first-order valence-electron chi connectivity index (χ1n) is 9.91. The second-order valence-electron chi connectivity index (χ2n) is 8.17. The largest absolute Gasteiger partial charge is 0.435 e. The summed E-state index contributed by atoms with van der Waals surface area (Å²) in [5.74, 6) is 1.33. The quantitative estimate of drug-likeness (QED) is 0.708. The Morgan fingerprint density at radius 1 is 1.10 bits per heavy atom. The molecule has 0 aromatic heterocycles. The topological polar surface area (TPSA) is 63.2 Å². The Kier molecular flexibility index (Phi) is 4.57. The fourth-order valence-corrected chi connectivity index (χ4v) is 5.11. The van der Waals surface area contributed by atoms with Crippen molar-refractivity contribution in [1.82, 2.24) is 4.90 Å². The van der Waals surface area contributed by atoms with Crippen LogP contribution in [0, 0.1) is 5.41 Å². The molecule has 2 aromatic carbocycles. The third kappa shape index (κ3) is 3.00. The highest BCUT2D eigenvalue weighted by Gasteiger charge is 2.53. The molecule has 1 aliphatic carbocycles. The minimum atomic E-state index is -2.87. The van der Waals surface area contributed by atoms with Gasteiger partial charge in [0, 0.05) is 23.0 Å². The minimum Gasteiger partial charge on any atom is -0.435 e. The summed E-state index contributed by atoms with van der Waals surface area (Å²) in [6.45, 7) is -1.31. The Labute approximate surface area is 181 Å². The molecular weight excluding hydrogens is 454 g/mol. The lowest BCUT2D eigenvalue weighted by molar-refractivity contribution is -0.0498. The van der Waals surface area contributed by atoms with E-state index >= 15 is 0 Å². The van der Waals surface area contributed by atoms with Crippen molar-refractivity contribution in [2.24, 2.45) is 21.1 Å². The molecule has 156 valence electrons. The number of hydrogen-bond acceptors (Lipinski definition) is 5. The van der Waals surface area contributed by atoms with Crippen molar-refractivity contribution in [3.63, 3.8) is 0 Å². The van der Waals surface area contributed by atoms with E-state index in [2.05, 4.69) is 20.7 Å². The lowest BCUT2D eigenvalue weighted by atomic mass is 9.67. The summed E-state index contributed by atoms with van der Waals surface area (Å²) < 4.78 is 30.6. The van der Waals surface area contributed by atoms with Crippen molar-refractivity contribution in [3.05, 3.63) is 64.1 Å². The van der Waals surface area contributed by atoms with Crippen LogP contribution in [0.5, 0.6) is 5.75 Å². The van der Waals surface area contributed by atoms with Gasteiger partial charge in [-0.05, 0) is 48.2 Å². The molecule has 30 heavy (non-hydrogen) atoms. The van der Waals surface area contributed by atoms with Gasteiger partial charge in [0.25, 0.3) is 0 Å². The summed E-state index contributed by atoms with van der Waals surface area (Å²) >= 11 is 3.55. The molecule has 0 radical (unpaired) electrons. The van der Waals surface area contributed by atoms with Crippen LogP contribution < -0.4 is 10.5 Å². The van der Waals surface area contributed by atoms with E-state index < -0.39 is 12.2 Å². The van der Waals surface area contributed by atoms with Crippen LogP contribution in [0.25, 0.3) is 0 Å². The average Bonchev–Trinajstić information content (AvgIpc) is 3.00. The molecule has 1 atom stereocenters. The second kappa shape index (κ2) is 7.04. The summed E-state index contributed by atoms with van der Waals surface area (Å²) in [6.07, 6.45) is 3.52. The molecule has 0 amide bonds. The first kappa shape index (κ1) is 19.5. The molecule has 0 bridgehead atoms. The van der Waals surface area contributed by atoms with Gasteiger partial charge < -0.3 is 10.5 Å². The lowest BCUT2D eigenvalue weighted by Crippen LogP contribution is -2.55. The summed E-state index contributed by atoms with van der Waals surface area (Å²) in [7, 11) is 0. The fraction of sp³-hybridized carbons (Fsp3) is 0.364. The van der Waals surface area contributed by atoms with E-state index in [9.17, 15) is 8.78 Å². The summed E-state index contributed by atoms with van der Waals surface area (Å²) in [6, 6.07) is 14.5. The Hall–Kier alpha value is -2.48. The van der Waals surface area contributed by atoms with E-state index in [0.29, 0.717) is 5.96 Å². The van der Waals surface area contributed by atoms with Gasteiger partial charge in [0.1, 0.15) is 11.6 Å². The van der Waals surface area contributed by atoms with Crippen LogP contribution in [-0.4, -0.2) is 36.4 Å². The van der Waals surface area contributed by atoms with Crippen molar-refractivity contribution >= 4 is 27.7 Å². The Morgan fingerprint density at radius 2 is 1.87 bits per heavy atom. The Bertz CT molecular complexity index is 1040. The van der Waals surface area contributed by atoms with Crippen LogP contribution in [0.4, 0.5) is 8.78 Å². The molecule has 8 heteroatoms. The molecule has 5 nitrogen and oxygen atoms in total. The first-order valence-corrected chi connectivity index (χ1v) is 10.7. The molecule has 1 saturated carbocycles. The maximum atomic E-state index is 12.6.